The standard InChI is InChI=1S/C37H46F3N5O7/c1-21(2)36(33(48)49,24-6-4-5-22(3)13-24)43-31(46)27-15-41-34(42-30(27)37(38,39)40)45-20-35(9-11-50-12-10-35)28-14-25(7-8-29(28)45)52-26-16-44(17-26)32(47)23-18-51-19-23/h7-8,14-15,21-24,26H,4-6,9-13,16-20H2,1-3H3,(H,43,46)(H,48,49). The highest BCUT2D eigenvalue weighted by Crippen LogP contribution is 2.50. The van der Waals surface area contributed by atoms with E-state index in [0.717, 1.165) is 24.6 Å². The van der Waals surface area contributed by atoms with E-state index in [1.165, 1.54) is 0 Å². The van der Waals surface area contributed by atoms with Crippen molar-refractivity contribution in [1.82, 2.24) is 20.2 Å². The van der Waals surface area contributed by atoms with Gasteiger partial charge in [0.05, 0.1) is 37.8 Å². The number of halogens is 3. The van der Waals surface area contributed by atoms with E-state index in [1.807, 2.05) is 13.0 Å². The number of aromatic nitrogens is 2. The third-order valence-electron chi connectivity index (χ3n) is 11.9. The van der Waals surface area contributed by atoms with Crippen LogP contribution in [-0.4, -0.2) is 95.5 Å². The van der Waals surface area contributed by atoms with Gasteiger partial charge in [-0.3, -0.25) is 9.59 Å². The lowest BCUT2D eigenvalue weighted by Crippen LogP contribution is -2.63. The van der Waals surface area contributed by atoms with Gasteiger partial charge in [0.25, 0.3) is 5.91 Å². The number of benzene rings is 1. The summed E-state index contributed by atoms with van der Waals surface area (Å²) in [5.74, 6) is -2.92. The van der Waals surface area contributed by atoms with Crippen LogP contribution >= 0.6 is 0 Å². The lowest BCUT2D eigenvalue weighted by atomic mass is 9.66. The van der Waals surface area contributed by atoms with Gasteiger partial charge in [-0.15, -0.1) is 0 Å². The van der Waals surface area contributed by atoms with Crippen LogP contribution in [0.15, 0.2) is 24.4 Å². The average Bonchev–Trinajstić information content (AvgIpc) is 3.35. The smallest absolute Gasteiger partial charge is 0.434 e. The van der Waals surface area contributed by atoms with Gasteiger partial charge in [-0.05, 0) is 67.2 Å². The largest absolute Gasteiger partial charge is 0.487 e. The monoisotopic (exact) mass is 729 g/mol. The molecule has 3 unspecified atom stereocenters. The van der Waals surface area contributed by atoms with Crippen LogP contribution in [-0.2, 0) is 30.7 Å². The summed E-state index contributed by atoms with van der Waals surface area (Å²) >= 11 is 0. The summed E-state index contributed by atoms with van der Waals surface area (Å²) in [5, 5.41) is 13.1. The Morgan fingerprint density at radius 1 is 1.10 bits per heavy atom. The Hall–Kier alpha value is -3.98. The number of hydrogen-bond acceptors (Lipinski definition) is 9. The number of amides is 2. The van der Waals surface area contributed by atoms with E-state index in [-0.39, 0.29) is 29.8 Å². The Bertz CT molecular complexity index is 1710. The Labute approximate surface area is 300 Å². The van der Waals surface area contributed by atoms with Gasteiger partial charge in [0.1, 0.15) is 17.4 Å². The molecule has 5 aliphatic rings. The van der Waals surface area contributed by atoms with Crippen LogP contribution in [0.2, 0.25) is 0 Å². The highest BCUT2D eigenvalue weighted by molar-refractivity contribution is 5.99. The summed E-state index contributed by atoms with van der Waals surface area (Å²) in [6, 6.07) is 5.46. The SMILES string of the molecule is CC1CCCC(C(NC(=O)c2cnc(N3CC4(CCOCC4)c4cc(OC5CN(C(=O)C6COC6)C5)ccc43)nc2C(F)(F)F)(C(=O)O)C(C)C)C1. The number of ether oxygens (including phenoxy) is 3. The predicted molar refractivity (Wildman–Crippen MR) is 181 cm³/mol. The number of carbonyl (C=O) groups is 3. The minimum atomic E-state index is -5.03. The van der Waals surface area contributed by atoms with Crippen molar-refractivity contribution in [2.45, 2.75) is 82.5 Å². The highest BCUT2D eigenvalue weighted by atomic mass is 19.4. The summed E-state index contributed by atoms with van der Waals surface area (Å²) in [7, 11) is 0. The molecule has 282 valence electrons. The van der Waals surface area contributed by atoms with Crippen LogP contribution in [0.25, 0.3) is 0 Å². The van der Waals surface area contributed by atoms with Gasteiger partial charge in [-0.25, -0.2) is 14.8 Å². The molecule has 1 saturated carbocycles. The maximum absolute atomic E-state index is 14.8. The second kappa shape index (κ2) is 13.8. The number of nitrogens with zero attached hydrogens (tertiary/aromatic N) is 4. The second-order valence-corrected chi connectivity index (χ2v) is 15.6. The number of likely N-dealkylation sites (tertiary alicyclic amines) is 1. The molecule has 1 aromatic carbocycles. The third kappa shape index (κ3) is 6.48. The first-order valence-electron chi connectivity index (χ1n) is 18.2. The van der Waals surface area contributed by atoms with Crippen molar-refractivity contribution in [2.24, 2.45) is 23.7 Å². The maximum atomic E-state index is 14.8. The number of anilines is 2. The topological polar surface area (TPSA) is 143 Å². The zero-order chi connectivity index (χ0) is 37.0. The van der Waals surface area contributed by atoms with Crippen molar-refractivity contribution in [1.29, 1.82) is 0 Å². The quantitative estimate of drug-likeness (QED) is 0.364. The normalized spacial score (nSPS) is 24.5. The van der Waals surface area contributed by atoms with Gasteiger partial charge in [0, 0.05) is 37.1 Å². The van der Waals surface area contributed by atoms with E-state index in [4.69, 9.17) is 14.2 Å². The van der Waals surface area contributed by atoms with Crippen LogP contribution in [0.4, 0.5) is 24.8 Å². The van der Waals surface area contributed by atoms with E-state index in [9.17, 15) is 32.7 Å². The molecule has 15 heteroatoms. The molecule has 2 aromatic rings. The second-order valence-electron chi connectivity index (χ2n) is 15.6. The van der Waals surface area contributed by atoms with Gasteiger partial charge in [-0.2, -0.15) is 13.2 Å². The first kappa shape index (κ1) is 36.4. The minimum absolute atomic E-state index is 0.0681. The van der Waals surface area contributed by atoms with E-state index in [1.54, 1.807) is 35.8 Å². The molecule has 4 fully saturated rings. The summed E-state index contributed by atoms with van der Waals surface area (Å²) in [6.45, 7) is 8.41. The van der Waals surface area contributed by atoms with Gasteiger partial charge in [0.15, 0.2) is 5.69 Å². The molecule has 1 aliphatic carbocycles. The van der Waals surface area contributed by atoms with Crippen LogP contribution in [0.3, 0.4) is 0 Å². The third-order valence-corrected chi connectivity index (χ3v) is 11.9. The van der Waals surface area contributed by atoms with Crippen molar-refractivity contribution in [3.8, 4) is 5.75 Å². The lowest BCUT2D eigenvalue weighted by Gasteiger charge is -2.44. The first-order chi connectivity index (χ1) is 24.7. The molecule has 3 atom stereocenters. The molecule has 7 rings (SSSR count). The van der Waals surface area contributed by atoms with Crippen molar-refractivity contribution in [2.75, 3.05) is 51.0 Å². The summed E-state index contributed by atoms with van der Waals surface area (Å²) in [6.07, 6.45) is -0.344. The van der Waals surface area contributed by atoms with Crippen molar-refractivity contribution in [3.63, 3.8) is 0 Å². The molecular formula is C37H46F3N5O7. The number of carboxylic acids is 1. The number of rotatable bonds is 9. The van der Waals surface area contributed by atoms with Crippen LogP contribution in [0, 0.1) is 23.7 Å². The van der Waals surface area contributed by atoms with Crippen molar-refractivity contribution < 1.29 is 46.9 Å². The zero-order valence-electron chi connectivity index (χ0n) is 29.7. The fourth-order valence-corrected chi connectivity index (χ4v) is 8.79. The summed E-state index contributed by atoms with van der Waals surface area (Å²) < 4.78 is 61.4. The zero-order valence-corrected chi connectivity index (χ0v) is 29.7. The van der Waals surface area contributed by atoms with Gasteiger partial charge in [-0.1, -0.05) is 33.6 Å². The van der Waals surface area contributed by atoms with E-state index in [2.05, 4.69) is 15.3 Å². The highest BCUT2D eigenvalue weighted by Gasteiger charge is 2.52. The van der Waals surface area contributed by atoms with Gasteiger partial charge < -0.3 is 34.4 Å². The number of nitrogens with one attached hydrogen (secondary N) is 1. The molecule has 4 aliphatic heterocycles. The van der Waals surface area contributed by atoms with E-state index in [0.29, 0.717) is 83.2 Å². The van der Waals surface area contributed by atoms with Crippen LogP contribution in [0.5, 0.6) is 5.75 Å². The summed E-state index contributed by atoms with van der Waals surface area (Å²) in [4.78, 5) is 50.9. The number of carboxylic acid groups (broad SMARTS) is 1. The molecule has 3 saturated heterocycles. The summed E-state index contributed by atoms with van der Waals surface area (Å²) in [5.41, 5.74) is -2.97. The molecule has 2 N–H and O–H groups in total. The first-order valence-corrected chi connectivity index (χ1v) is 18.2. The molecule has 1 spiro atoms. The Morgan fingerprint density at radius 2 is 1.83 bits per heavy atom. The van der Waals surface area contributed by atoms with E-state index >= 15 is 0 Å². The number of aliphatic carboxylic acids is 1. The fourth-order valence-electron chi connectivity index (χ4n) is 8.79. The number of hydrogen-bond donors (Lipinski definition) is 2. The number of alkyl halides is 3. The fraction of sp³-hybridized carbons (Fsp3) is 0.649. The Balaban J connectivity index is 1.17. The Morgan fingerprint density at radius 3 is 2.44 bits per heavy atom. The van der Waals surface area contributed by atoms with Crippen LogP contribution in [0.1, 0.15) is 80.9 Å². The molecule has 0 radical (unpaired) electrons. The average molecular weight is 730 g/mol. The molecule has 52 heavy (non-hydrogen) atoms. The molecule has 5 heterocycles. The van der Waals surface area contributed by atoms with Gasteiger partial charge >= 0.3 is 12.1 Å². The van der Waals surface area contributed by atoms with Crippen LogP contribution < -0.4 is 15.0 Å². The van der Waals surface area contributed by atoms with E-state index < -0.39 is 52.1 Å². The number of fused-ring (bicyclic) bond motifs is 2. The molecular weight excluding hydrogens is 683 g/mol. The number of carbonyl (C=O) groups excluding carboxylic acids is 2. The molecule has 0 bridgehead atoms. The minimum Gasteiger partial charge on any atom is -0.487 e. The predicted octanol–water partition coefficient (Wildman–Crippen LogP) is 4.97. The van der Waals surface area contributed by atoms with Gasteiger partial charge in [0.2, 0.25) is 11.9 Å². The molecule has 12 nitrogen and oxygen atoms in total. The Kier molecular flexibility index (Phi) is 9.64. The van der Waals surface area contributed by atoms with Crippen molar-refractivity contribution >= 4 is 29.4 Å². The molecule has 2 amide bonds. The van der Waals surface area contributed by atoms with Crippen molar-refractivity contribution in [3.05, 3.63) is 41.2 Å². The molecule has 1 aromatic heterocycles. The lowest BCUT2D eigenvalue weighted by molar-refractivity contribution is -0.158. The maximum Gasteiger partial charge on any atom is 0.434 e.